The first kappa shape index (κ1) is 91.1. The fraction of sp³-hybridized carbons (Fsp3) is 0.946. The number of ether oxygens (including phenoxy) is 4. The minimum atomic E-state index is -4.96. The minimum absolute atomic E-state index is 0.103. The maximum absolute atomic E-state index is 13.1. The SMILES string of the molecule is CCCCCCCCCCCCCCCCCCCCCC(=O)O[C@H](COC(=O)CCCCCCCCCCCCCCCC)COP(=O)(O)OC[C@@H](O)COP(=O)(O)OC[C@@H](COC(=O)CCCCCCCCCC(C)C)OC(=O)CCCCCCCCCC(C)C. The molecule has 19 heteroatoms. The predicted octanol–water partition coefficient (Wildman–Crippen LogP) is 21.6. The molecule has 0 aliphatic carbocycles. The molecule has 0 spiro atoms. The second-order valence-corrected chi connectivity index (χ2v) is 30.5. The van der Waals surface area contributed by atoms with Gasteiger partial charge in [0, 0.05) is 25.7 Å². The van der Waals surface area contributed by atoms with Crippen LogP contribution in [-0.4, -0.2) is 96.7 Å². The summed E-state index contributed by atoms with van der Waals surface area (Å²) in [4.78, 5) is 72.7. The van der Waals surface area contributed by atoms with Crippen molar-refractivity contribution in [1.29, 1.82) is 0 Å². The largest absolute Gasteiger partial charge is 0.472 e. The molecule has 0 aliphatic rings. The topological polar surface area (TPSA) is 237 Å². The zero-order valence-corrected chi connectivity index (χ0v) is 62.3. The number of esters is 4. The van der Waals surface area contributed by atoms with Crippen molar-refractivity contribution >= 4 is 39.5 Å². The van der Waals surface area contributed by atoms with Crippen LogP contribution in [-0.2, 0) is 65.4 Å². The molecule has 0 saturated heterocycles. The second-order valence-electron chi connectivity index (χ2n) is 27.6. The first-order valence-corrected chi connectivity index (χ1v) is 41.5. The average Bonchev–Trinajstić information content (AvgIpc) is 1.52. The number of carbonyl (C=O) groups is 4. The van der Waals surface area contributed by atoms with E-state index in [1.807, 2.05) is 0 Å². The number of hydrogen-bond donors (Lipinski definition) is 3. The summed E-state index contributed by atoms with van der Waals surface area (Å²) in [5.74, 6) is -0.721. The van der Waals surface area contributed by atoms with Gasteiger partial charge in [-0.25, -0.2) is 9.13 Å². The lowest BCUT2D eigenvalue weighted by molar-refractivity contribution is -0.161. The smallest absolute Gasteiger partial charge is 0.462 e. The molecule has 0 saturated carbocycles. The van der Waals surface area contributed by atoms with Gasteiger partial charge in [-0.15, -0.1) is 0 Å². The van der Waals surface area contributed by atoms with Gasteiger partial charge in [0.05, 0.1) is 26.4 Å². The summed E-state index contributed by atoms with van der Waals surface area (Å²) < 4.78 is 68.4. The van der Waals surface area contributed by atoms with Crippen molar-refractivity contribution in [3.63, 3.8) is 0 Å². The molecule has 93 heavy (non-hydrogen) atoms. The molecule has 0 aliphatic heterocycles. The summed E-state index contributed by atoms with van der Waals surface area (Å²) in [6.07, 6.45) is 53.0. The summed E-state index contributed by atoms with van der Waals surface area (Å²) in [7, 11) is -9.91. The van der Waals surface area contributed by atoms with Crippen LogP contribution in [0, 0.1) is 11.8 Å². The average molecular weight is 1370 g/mol. The molecule has 2 unspecified atom stereocenters. The van der Waals surface area contributed by atoms with Crippen LogP contribution >= 0.6 is 15.6 Å². The van der Waals surface area contributed by atoms with E-state index in [0.717, 1.165) is 96.3 Å². The minimum Gasteiger partial charge on any atom is -0.462 e. The fourth-order valence-electron chi connectivity index (χ4n) is 11.3. The highest BCUT2D eigenvalue weighted by molar-refractivity contribution is 7.47. The summed E-state index contributed by atoms with van der Waals surface area (Å²) >= 11 is 0. The van der Waals surface area contributed by atoms with Crippen molar-refractivity contribution in [3.8, 4) is 0 Å². The third kappa shape index (κ3) is 68.4. The number of phosphoric acid groups is 2. The van der Waals surface area contributed by atoms with Crippen LogP contribution in [0.1, 0.15) is 382 Å². The Morgan fingerprint density at radius 2 is 0.495 bits per heavy atom. The molecule has 0 aromatic heterocycles. The summed E-state index contributed by atoms with van der Waals surface area (Å²) in [6.45, 7) is 9.46. The first-order chi connectivity index (χ1) is 44.9. The Labute approximate surface area is 568 Å². The van der Waals surface area contributed by atoms with Crippen molar-refractivity contribution in [1.82, 2.24) is 0 Å². The summed E-state index contributed by atoms with van der Waals surface area (Å²) in [6, 6.07) is 0. The fourth-order valence-corrected chi connectivity index (χ4v) is 12.9. The van der Waals surface area contributed by atoms with Gasteiger partial charge in [0.2, 0.25) is 0 Å². The molecule has 0 radical (unpaired) electrons. The van der Waals surface area contributed by atoms with Crippen molar-refractivity contribution < 1.29 is 80.2 Å². The van der Waals surface area contributed by atoms with E-state index < -0.39 is 97.5 Å². The van der Waals surface area contributed by atoms with Gasteiger partial charge in [0.1, 0.15) is 19.3 Å². The Hall–Kier alpha value is -1.94. The number of unbranched alkanes of at least 4 members (excludes halogenated alkanes) is 43. The predicted molar refractivity (Wildman–Crippen MR) is 377 cm³/mol. The number of phosphoric ester groups is 2. The van der Waals surface area contributed by atoms with Gasteiger partial charge in [0.15, 0.2) is 12.2 Å². The molecule has 3 N–H and O–H groups in total. The van der Waals surface area contributed by atoms with Crippen LogP contribution in [0.2, 0.25) is 0 Å². The molecule has 0 fully saturated rings. The summed E-state index contributed by atoms with van der Waals surface area (Å²) in [5.41, 5.74) is 0. The van der Waals surface area contributed by atoms with Crippen LogP contribution in [0.15, 0.2) is 0 Å². The quantitative estimate of drug-likeness (QED) is 0.0222. The Kier molecular flexibility index (Phi) is 64.6. The van der Waals surface area contributed by atoms with E-state index >= 15 is 0 Å². The van der Waals surface area contributed by atoms with E-state index in [0.29, 0.717) is 37.5 Å². The molecule has 0 bridgehead atoms. The molecule has 17 nitrogen and oxygen atoms in total. The highest BCUT2D eigenvalue weighted by Gasteiger charge is 2.30. The van der Waals surface area contributed by atoms with E-state index in [1.165, 1.54) is 193 Å². The standard InChI is InChI=1S/C74H144O17P2/c1-7-9-11-13-15-17-19-21-23-24-25-26-27-29-31-33-39-46-52-58-73(78)90-69(62-84-71(76)56-50-44-38-32-30-28-22-20-18-16-14-12-10-8-2)64-88-92(80,81)86-60-68(75)61-87-93(82,83)89-65-70(91-74(79)59-53-47-41-35-37-43-49-55-67(5)6)63-85-72(77)57-51-45-40-34-36-42-48-54-66(3)4/h66-70,75H,7-65H2,1-6H3,(H,80,81)(H,82,83)/t68-,69-,70-/m1/s1. The zero-order chi connectivity index (χ0) is 68.6. The molecular formula is C74H144O17P2. The van der Waals surface area contributed by atoms with Gasteiger partial charge in [-0.2, -0.15) is 0 Å². The summed E-state index contributed by atoms with van der Waals surface area (Å²) in [5, 5.41) is 10.6. The van der Waals surface area contributed by atoms with Gasteiger partial charge >= 0.3 is 39.5 Å². The van der Waals surface area contributed by atoms with Crippen LogP contribution in [0.25, 0.3) is 0 Å². The Morgan fingerprint density at radius 1 is 0.290 bits per heavy atom. The molecule has 0 aromatic carbocycles. The van der Waals surface area contributed by atoms with Crippen molar-refractivity contribution in [2.45, 2.75) is 400 Å². The molecule has 5 atom stereocenters. The van der Waals surface area contributed by atoms with E-state index in [4.69, 9.17) is 37.0 Å². The maximum Gasteiger partial charge on any atom is 0.472 e. The second kappa shape index (κ2) is 66.0. The van der Waals surface area contributed by atoms with E-state index in [9.17, 15) is 43.2 Å². The lowest BCUT2D eigenvalue weighted by Gasteiger charge is -2.21. The Balaban J connectivity index is 5.21. The molecular weight excluding hydrogens is 1220 g/mol. The normalized spacial score (nSPS) is 14.1. The van der Waals surface area contributed by atoms with Crippen molar-refractivity contribution in [2.24, 2.45) is 11.8 Å². The van der Waals surface area contributed by atoms with Crippen LogP contribution in [0.5, 0.6) is 0 Å². The Morgan fingerprint density at radius 3 is 0.731 bits per heavy atom. The van der Waals surface area contributed by atoms with Gasteiger partial charge in [-0.1, -0.05) is 330 Å². The van der Waals surface area contributed by atoms with Crippen LogP contribution in [0.3, 0.4) is 0 Å². The molecule has 552 valence electrons. The van der Waals surface area contributed by atoms with Crippen LogP contribution < -0.4 is 0 Å². The number of aliphatic hydroxyl groups is 1. The monoisotopic (exact) mass is 1370 g/mol. The van der Waals surface area contributed by atoms with Gasteiger partial charge in [0.25, 0.3) is 0 Å². The first-order valence-electron chi connectivity index (χ1n) is 38.5. The molecule has 0 rings (SSSR count). The molecule has 0 aromatic rings. The van der Waals surface area contributed by atoms with E-state index in [-0.39, 0.29) is 25.7 Å². The number of rotatable bonds is 73. The van der Waals surface area contributed by atoms with Gasteiger partial charge in [-0.3, -0.25) is 37.3 Å². The van der Waals surface area contributed by atoms with Crippen molar-refractivity contribution in [2.75, 3.05) is 39.6 Å². The van der Waals surface area contributed by atoms with E-state index in [2.05, 4.69) is 41.5 Å². The molecule has 0 heterocycles. The number of carbonyl (C=O) groups excluding carboxylic acids is 4. The van der Waals surface area contributed by atoms with Crippen LogP contribution in [0.4, 0.5) is 0 Å². The highest BCUT2D eigenvalue weighted by atomic mass is 31.2. The third-order valence-electron chi connectivity index (χ3n) is 17.2. The lowest BCUT2D eigenvalue weighted by atomic mass is 10.0. The zero-order valence-electron chi connectivity index (χ0n) is 60.6. The molecule has 0 amide bonds. The van der Waals surface area contributed by atoms with E-state index in [1.54, 1.807) is 0 Å². The highest BCUT2D eigenvalue weighted by Crippen LogP contribution is 2.45. The lowest BCUT2D eigenvalue weighted by Crippen LogP contribution is -2.30. The number of hydrogen-bond acceptors (Lipinski definition) is 15. The maximum atomic E-state index is 13.1. The van der Waals surface area contributed by atoms with Gasteiger partial charge in [-0.05, 0) is 37.5 Å². The Bertz CT molecular complexity index is 1800. The van der Waals surface area contributed by atoms with Crippen molar-refractivity contribution in [3.05, 3.63) is 0 Å². The van der Waals surface area contributed by atoms with Gasteiger partial charge < -0.3 is 33.8 Å². The third-order valence-corrected chi connectivity index (χ3v) is 19.1. The number of aliphatic hydroxyl groups excluding tert-OH is 1.